The molecule has 0 amide bonds. The molecule has 4 atom stereocenters. The molecule has 0 radical (unpaired) electrons. The molecule has 2 aromatic carbocycles. The Bertz CT molecular complexity index is 870. The number of benzene rings is 2. The fourth-order valence-corrected chi connectivity index (χ4v) is 4.12. The normalized spacial score (nSPS) is 23.2. The van der Waals surface area contributed by atoms with Gasteiger partial charge in [-0.25, -0.2) is 0 Å². The van der Waals surface area contributed by atoms with Crippen molar-refractivity contribution in [3.8, 4) is 34.5 Å². The predicted octanol–water partition coefficient (Wildman–Crippen LogP) is 4.52. The van der Waals surface area contributed by atoms with Crippen LogP contribution in [0.25, 0.3) is 0 Å². The van der Waals surface area contributed by atoms with Crippen molar-refractivity contribution in [2.75, 3.05) is 35.5 Å². The van der Waals surface area contributed by atoms with E-state index in [4.69, 9.17) is 28.4 Å². The van der Waals surface area contributed by atoms with E-state index in [-0.39, 0.29) is 29.8 Å². The molecule has 2 aromatic rings. The summed E-state index contributed by atoms with van der Waals surface area (Å²) in [7, 11) is 7.81. The summed E-state index contributed by atoms with van der Waals surface area (Å²) in [5.74, 6) is 2.90. The van der Waals surface area contributed by atoms with Crippen LogP contribution in [0.4, 0.5) is 0 Å². The van der Waals surface area contributed by atoms with Gasteiger partial charge in [0.1, 0.15) is 0 Å². The first-order valence-corrected chi connectivity index (χ1v) is 9.80. The molecular weight excluding hydrogens is 388 g/mol. The second-order valence-electron chi connectivity index (χ2n) is 7.43. The molecule has 30 heavy (non-hydrogen) atoms. The molecule has 0 bridgehead atoms. The highest BCUT2D eigenvalue weighted by Crippen LogP contribution is 2.53. The number of phenolic OH excluding ortho intramolecular Hbond substituents is 1. The van der Waals surface area contributed by atoms with Crippen LogP contribution in [0.2, 0.25) is 0 Å². The van der Waals surface area contributed by atoms with E-state index >= 15 is 0 Å². The van der Waals surface area contributed by atoms with Crippen LogP contribution in [-0.2, 0) is 4.74 Å². The van der Waals surface area contributed by atoms with Crippen LogP contribution in [-0.4, -0.2) is 40.7 Å². The second-order valence-corrected chi connectivity index (χ2v) is 7.43. The minimum atomic E-state index is -0.227. The van der Waals surface area contributed by atoms with E-state index in [1.165, 1.54) is 7.11 Å². The molecule has 1 N–H and O–H groups in total. The first-order chi connectivity index (χ1) is 14.4. The molecule has 3 rings (SSSR count). The third-order valence-electron chi connectivity index (χ3n) is 5.90. The maximum atomic E-state index is 10.4. The van der Waals surface area contributed by atoms with E-state index in [1.54, 1.807) is 34.5 Å². The fraction of sp³-hybridized carbons (Fsp3) is 0.478. The van der Waals surface area contributed by atoms with Gasteiger partial charge in [0.25, 0.3) is 0 Å². The molecule has 7 nitrogen and oxygen atoms in total. The lowest BCUT2D eigenvalue weighted by Gasteiger charge is -2.20. The first-order valence-electron chi connectivity index (χ1n) is 9.80. The molecule has 1 aliphatic heterocycles. The zero-order valence-corrected chi connectivity index (χ0v) is 18.5. The van der Waals surface area contributed by atoms with Crippen molar-refractivity contribution in [1.82, 2.24) is 0 Å². The Morgan fingerprint density at radius 2 is 1.03 bits per heavy atom. The molecule has 1 aliphatic rings. The van der Waals surface area contributed by atoms with E-state index in [9.17, 15) is 5.11 Å². The minimum Gasteiger partial charge on any atom is -0.504 e. The highest BCUT2D eigenvalue weighted by atomic mass is 16.5. The number of hydrogen-bond acceptors (Lipinski definition) is 7. The average molecular weight is 418 g/mol. The summed E-state index contributed by atoms with van der Waals surface area (Å²) in [4.78, 5) is 0. The van der Waals surface area contributed by atoms with Gasteiger partial charge in [-0.2, -0.15) is 0 Å². The summed E-state index contributed by atoms with van der Waals surface area (Å²) >= 11 is 0. The zero-order valence-electron chi connectivity index (χ0n) is 18.5. The Kier molecular flexibility index (Phi) is 6.51. The lowest BCUT2D eigenvalue weighted by atomic mass is 9.85. The van der Waals surface area contributed by atoms with Crippen molar-refractivity contribution in [3.63, 3.8) is 0 Å². The Balaban J connectivity index is 1.99. The topological polar surface area (TPSA) is 75.6 Å². The summed E-state index contributed by atoms with van der Waals surface area (Å²) in [5, 5.41) is 10.4. The average Bonchev–Trinajstić information content (AvgIpc) is 3.06. The number of ether oxygens (including phenoxy) is 6. The van der Waals surface area contributed by atoms with Crippen LogP contribution >= 0.6 is 0 Å². The van der Waals surface area contributed by atoms with Crippen LogP contribution in [0.5, 0.6) is 34.5 Å². The minimum absolute atomic E-state index is 0.0199. The third kappa shape index (κ3) is 3.69. The fourth-order valence-electron chi connectivity index (χ4n) is 4.12. The highest BCUT2D eigenvalue weighted by molar-refractivity contribution is 5.55. The van der Waals surface area contributed by atoms with Crippen molar-refractivity contribution >= 4 is 0 Å². The summed E-state index contributed by atoms with van der Waals surface area (Å²) in [6.07, 6.45) is -0.413. The lowest BCUT2D eigenvalue weighted by Crippen LogP contribution is -2.10. The van der Waals surface area contributed by atoms with Gasteiger partial charge in [0.2, 0.25) is 11.5 Å². The Labute approximate surface area is 177 Å². The van der Waals surface area contributed by atoms with Crippen LogP contribution in [0.15, 0.2) is 24.3 Å². The number of phenols is 1. The van der Waals surface area contributed by atoms with Gasteiger partial charge in [0.15, 0.2) is 23.0 Å². The van der Waals surface area contributed by atoms with Crippen LogP contribution in [0.3, 0.4) is 0 Å². The SMILES string of the molecule is COc1cc([C@@H]2O[C@H](c3cc(OC)c(OC)c(OC)c3)[C@@H](C)[C@H]2C)cc(O)c1OC. The molecule has 1 saturated heterocycles. The van der Waals surface area contributed by atoms with Crippen molar-refractivity contribution in [3.05, 3.63) is 35.4 Å². The van der Waals surface area contributed by atoms with Gasteiger partial charge in [-0.1, -0.05) is 13.8 Å². The smallest absolute Gasteiger partial charge is 0.203 e. The van der Waals surface area contributed by atoms with Gasteiger partial charge in [0, 0.05) is 0 Å². The van der Waals surface area contributed by atoms with Crippen LogP contribution in [0, 0.1) is 11.8 Å². The molecular formula is C23H30O7. The summed E-state index contributed by atoms with van der Waals surface area (Å²) in [5.41, 5.74) is 1.77. The van der Waals surface area contributed by atoms with E-state index in [2.05, 4.69) is 13.8 Å². The number of methoxy groups -OCH3 is 5. The summed E-state index contributed by atoms with van der Waals surface area (Å²) in [6, 6.07) is 7.37. The van der Waals surface area contributed by atoms with Crippen LogP contribution in [0.1, 0.15) is 37.2 Å². The largest absolute Gasteiger partial charge is 0.504 e. The molecule has 164 valence electrons. The van der Waals surface area contributed by atoms with Crippen molar-refractivity contribution in [1.29, 1.82) is 0 Å². The Morgan fingerprint density at radius 3 is 1.43 bits per heavy atom. The maximum Gasteiger partial charge on any atom is 0.203 e. The molecule has 0 saturated carbocycles. The van der Waals surface area contributed by atoms with E-state index in [0.29, 0.717) is 28.7 Å². The van der Waals surface area contributed by atoms with E-state index in [0.717, 1.165) is 11.1 Å². The zero-order chi connectivity index (χ0) is 22.0. The lowest BCUT2D eigenvalue weighted by molar-refractivity contribution is 0.0285. The summed E-state index contributed by atoms with van der Waals surface area (Å²) < 4.78 is 33.6. The third-order valence-corrected chi connectivity index (χ3v) is 5.90. The Hall–Kier alpha value is -2.80. The molecule has 0 unspecified atom stereocenters. The molecule has 1 heterocycles. The summed E-state index contributed by atoms with van der Waals surface area (Å²) in [6.45, 7) is 4.29. The first kappa shape index (κ1) is 21.9. The van der Waals surface area contributed by atoms with Gasteiger partial charge in [0.05, 0.1) is 47.8 Å². The van der Waals surface area contributed by atoms with Crippen molar-refractivity contribution in [2.24, 2.45) is 11.8 Å². The van der Waals surface area contributed by atoms with Gasteiger partial charge >= 0.3 is 0 Å². The van der Waals surface area contributed by atoms with Crippen molar-refractivity contribution in [2.45, 2.75) is 26.1 Å². The predicted molar refractivity (Wildman–Crippen MR) is 112 cm³/mol. The molecule has 0 aliphatic carbocycles. The molecule has 0 aromatic heterocycles. The maximum absolute atomic E-state index is 10.4. The van der Waals surface area contributed by atoms with Gasteiger partial charge in [-0.05, 0) is 47.2 Å². The molecule has 7 heteroatoms. The number of hydrogen-bond donors (Lipinski definition) is 1. The highest BCUT2D eigenvalue weighted by Gasteiger charge is 2.41. The van der Waals surface area contributed by atoms with Crippen molar-refractivity contribution < 1.29 is 33.5 Å². The molecule has 0 spiro atoms. The van der Waals surface area contributed by atoms with Gasteiger partial charge < -0.3 is 33.5 Å². The van der Waals surface area contributed by atoms with E-state index in [1.807, 2.05) is 18.2 Å². The van der Waals surface area contributed by atoms with Crippen LogP contribution < -0.4 is 23.7 Å². The standard InChI is InChI=1S/C23H30O7/c1-12-13(2)21(15-10-18(26-4)23(29-7)19(11-15)27-5)30-20(12)14-8-16(24)22(28-6)17(9-14)25-3/h8-13,20-21,24H,1-7H3/t12-,13+,20-,21+/m1/s1. The van der Waals surface area contributed by atoms with Gasteiger partial charge in [-0.3, -0.25) is 0 Å². The molecule has 1 fully saturated rings. The van der Waals surface area contributed by atoms with Gasteiger partial charge in [-0.15, -0.1) is 0 Å². The second kappa shape index (κ2) is 8.92. The Morgan fingerprint density at radius 1 is 0.633 bits per heavy atom. The monoisotopic (exact) mass is 418 g/mol. The number of aromatic hydroxyl groups is 1. The van der Waals surface area contributed by atoms with E-state index < -0.39 is 0 Å². The number of rotatable bonds is 7. The quantitative estimate of drug-likeness (QED) is 0.708.